The van der Waals surface area contributed by atoms with Crippen LogP contribution in [0.15, 0.2) is 48.7 Å². The van der Waals surface area contributed by atoms with E-state index in [1.54, 1.807) is 12.1 Å². The van der Waals surface area contributed by atoms with Crippen LogP contribution in [-0.2, 0) is 6.54 Å². The van der Waals surface area contributed by atoms with E-state index in [1.807, 2.05) is 32.0 Å². The zero-order valence-corrected chi connectivity index (χ0v) is 21.4. The number of hydrogen-bond donors (Lipinski definition) is 2. The zero-order chi connectivity index (χ0) is 26.2. The molecule has 2 N–H and O–H groups in total. The van der Waals surface area contributed by atoms with Gasteiger partial charge in [0.2, 0.25) is 5.95 Å². The summed E-state index contributed by atoms with van der Waals surface area (Å²) in [6.07, 6.45) is 4.99. The Hall–Kier alpha value is -3.72. The topological polar surface area (TPSA) is 90.8 Å². The van der Waals surface area contributed by atoms with E-state index in [9.17, 15) is 14.3 Å². The van der Waals surface area contributed by atoms with Crippen molar-refractivity contribution in [3.8, 4) is 5.75 Å². The molecule has 0 bridgehead atoms. The van der Waals surface area contributed by atoms with E-state index in [0.717, 1.165) is 47.6 Å². The molecule has 1 saturated heterocycles. The fourth-order valence-corrected chi connectivity index (χ4v) is 4.63. The quantitative estimate of drug-likeness (QED) is 0.329. The number of aromatic nitrogens is 2. The first-order valence-corrected chi connectivity index (χ1v) is 12.7. The first kappa shape index (κ1) is 26.3. The number of hydrogen-bond acceptors (Lipinski definition) is 6. The third-order valence-corrected chi connectivity index (χ3v) is 6.28. The van der Waals surface area contributed by atoms with Crippen molar-refractivity contribution < 1.29 is 19.0 Å². The molecule has 0 unspecified atom stereocenters. The van der Waals surface area contributed by atoms with Crippen LogP contribution in [0, 0.1) is 19.7 Å². The SMILES string of the molecule is Cc1cc(C)cc(CN(C(=O)O)c2ccnc(Nc3ccc(OCCCN4CCCCC4)c(F)c3)n2)c1. The zero-order valence-electron chi connectivity index (χ0n) is 21.4. The van der Waals surface area contributed by atoms with E-state index in [-0.39, 0.29) is 24.1 Å². The van der Waals surface area contributed by atoms with E-state index in [1.165, 1.54) is 37.6 Å². The molecule has 2 heterocycles. The molecule has 1 aliphatic heterocycles. The summed E-state index contributed by atoms with van der Waals surface area (Å²) in [5, 5.41) is 12.8. The number of rotatable bonds is 10. The van der Waals surface area contributed by atoms with Gasteiger partial charge in [-0.3, -0.25) is 4.90 Å². The summed E-state index contributed by atoms with van der Waals surface area (Å²) in [4.78, 5) is 24.1. The van der Waals surface area contributed by atoms with Gasteiger partial charge in [0.15, 0.2) is 11.6 Å². The number of ether oxygens (including phenoxy) is 1. The number of aryl methyl sites for hydroxylation is 2. The lowest BCUT2D eigenvalue weighted by atomic mass is 10.1. The van der Waals surface area contributed by atoms with Gasteiger partial charge in [0.05, 0.1) is 13.2 Å². The van der Waals surface area contributed by atoms with Crippen molar-refractivity contribution >= 4 is 23.5 Å². The monoisotopic (exact) mass is 507 g/mol. The van der Waals surface area contributed by atoms with Crippen LogP contribution in [0.5, 0.6) is 5.75 Å². The van der Waals surface area contributed by atoms with Gasteiger partial charge >= 0.3 is 6.09 Å². The van der Waals surface area contributed by atoms with Crippen LogP contribution < -0.4 is 15.0 Å². The molecule has 8 nitrogen and oxygen atoms in total. The van der Waals surface area contributed by atoms with Crippen LogP contribution in [0.2, 0.25) is 0 Å². The molecule has 1 aliphatic rings. The van der Waals surface area contributed by atoms with Gasteiger partial charge in [-0.1, -0.05) is 35.7 Å². The standard InChI is InChI=1S/C28H34FN5O3/c1-20-15-21(2)17-22(16-20)19-34(28(35)36)26-9-10-30-27(32-26)31-23-7-8-25(24(29)18-23)37-14-6-13-33-11-4-3-5-12-33/h7-10,15-18H,3-6,11-14,19H2,1-2H3,(H,35,36)(H,30,31,32). The Bertz CT molecular complexity index is 1200. The minimum atomic E-state index is -1.13. The Labute approximate surface area is 217 Å². The molecule has 0 radical (unpaired) electrons. The van der Waals surface area contributed by atoms with Gasteiger partial charge in [0, 0.05) is 24.5 Å². The van der Waals surface area contributed by atoms with Gasteiger partial charge in [0.25, 0.3) is 0 Å². The van der Waals surface area contributed by atoms with Crippen LogP contribution in [0.1, 0.15) is 42.4 Å². The number of carbonyl (C=O) groups is 1. The molecule has 37 heavy (non-hydrogen) atoms. The highest BCUT2D eigenvalue weighted by molar-refractivity contribution is 5.84. The minimum Gasteiger partial charge on any atom is -0.490 e. The van der Waals surface area contributed by atoms with E-state index < -0.39 is 11.9 Å². The molecule has 3 aromatic rings. The third kappa shape index (κ3) is 7.63. The van der Waals surface area contributed by atoms with Gasteiger partial charge < -0.3 is 20.1 Å². The van der Waals surface area contributed by atoms with Gasteiger partial charge in [-0.2, -0.15) is 4.98 Å². The van der Waals surface area contributed by atoms with E-state index >= 15 is 0 Å². The number of amides is 1. The van der Waals surface area contributed by atoms with Crippen molar-refractivity contribution in [2.75, 3.05) is 36.5 Å². The minimum absolute atomic E-state index is 0.146. The molecule has 1 fully saturated rings. The van der Waals surface area contributed by atoms with Crippen LogP contribution in [-0.4, -0.2) is 52.3 Å². The van der Waals surface area contributed by atoms with Crippen LogP contribution in [0.3, 0.4) is 0 Å². The van der Waals surface area contributed by atoms with Crippen LogP contribution in [0.4, 0.5) is 26.6 Å². The average Bonchev–Trinajstić information content (AvgIpc) is 2.86. The lowest BCUT2D eigenvalue weighted by Gasteiger charge is -2.26. The maximum absolute atomic E-state index is 14.7. The van der Waals surface area contributed by atoms with Crippen molar-refractivity contribution in [1.82, 2.24) is 14.9 Å². The second-order valence-electron chi connectivity index (χ2n) is 9.48. The Kier molecular flexibility index (Phi) is 8.90. The highest BCUT2D eigenvalue weighted by Gasteiger charge is 2.18. The highest BCUT2D eigenvalue weighted by atomic mass is 19.1. The van der Waals surface area contributed by atoms with Crippen molar-refractivity contribution in [3.63, 3.8) is 0 Å². The van der Waals surface area contributed by atoms with Gasteiger partial charge in [-0.05, 0) is 70.0 Å². The Morgan fingerprint density at radius 2 is 1.86 bits per heavy atom. The van der Waals surface area contributed by atoms with E-state index in [0.29, 0.717) is 12.3 Å². The molecule has 196 valence electrons. The lowest BCUT2D eigenvalue weighted by molar-refractivity contribution is 0.201. The molecular weight excluding hydrogens is 473 g/mol. The number of piperidine rings is 1. The van der Waals surface area contributed by atoms with Crippen LogP contribution >= 0.6 is 0 Å². The molecule has 0 atom stereocenters. The van der Waals surface area contributed by atoms with Gasteiger partial charge in [-0.15, -0.1) is 0 Å². The maximum atomic E-state index is 14.7. The molecule has 9 heteroatoms. The molecule has 2 aromatic carbocycles. The number of nitrogens with zero attached hydrogens (tertiary/aromatic N) is 4. The number of benzene rings is 2. The predicted octanol–water partition coefficient (Wildman–Crippen LogP) is 5.92. The fraction of sp³-hybridized carbons (Fsp3) is 0.393. The van der Waals surface area contributed by atoms with E-state index in [2.05, 4.69) is 20.2 Å². The molecule has 1 aromatic heterocycles. The lowest BCUT2D eigenvalue weighted by Crippen LogP contribution is -2.31. The smallest absolute Gasteiger partial charge is 0.413 e. The fourth-order valence-electron chi connectivity index (χ4n) is 4.63. The molecule has 0 saturated carbocycles. The molecular formula is C28H34FN5O3. The number of carboxylic acid groups (broad SMARTS) is 1. The highest BCUT2D eigenvalue weighted by Crippen LogP contribution is 2.24. The molecule has 1 amide bonds. The summed E-state index contributed by atoms with van der Waals surface area (Å²) in [5.41, 5.74) is 3.41. The summed E-state index contributed by atoms with van der Waals surface area (Å²) in [7, 11) is 0. The van der Waals surface area contributed by atoms with Gasteiger partial charge in [-0.25, -0.2) is 14.2 Å². The first-order valence-electron chi connectivity index (χ1n) is 12.7. The van der Waals surface area contributed by atoms with Gasteiger partial charge in [0.1, 0.15) is 5.82 Å². The second-order valence-corrected chi connectivity index (χ2v) is 9.48. The maximum Gasteiger partial charge on any atom is 0.413 e. The van der Waals surface area contributed by atoms with Crippen molar-refractivity contribution in [2.24, 2.45) is 0 Å². The van der Waals surface area contributed by atoms with E-state index in [4.69, 9.17) is 4.74 Å². The first-order chi connectivity index (χ1) is 17.9. The third-order valence-electron chi connectivity index (χ3n) is 6.28. The van der Waals surface area contributed by atoms with Crippen molar-refractivity contribution in [1.29, 1.82) is 0 Å². The molecule has 4 rings (SSSR count). The number of nitrogens with one attached hydrogen (secondary N) is 1. The summed E-state index contributed by atoms with van der Waals surface area (Å²) >= 11 is 0. The van der Waals surface area contributed by atoms with Crippen molar-refractivity contribution in [2.45, 2.75) is 46.1 Å². The largest absolute Gasteiger partial charge is 0.490 e. The normalized spacial score (nSPS) is 13.8. The molecule has 0 spiro atoms. The summed E-state index contributed by atoms with van der Waals surface area (Å²) < 4.78 is 20.3. The van der Waals surface area contributed by atoms with Crippen molar-refractivity contribution in [3.05, 3.63) is 71.2 Å². The summed E-state index contributed by atoms with van der Waals surface area (Å²) in [6, 6.07) is 12.0. The predicted molar refractivity (Wildman–Crippen MR) is 142 cm³/mol. The number of anilines is 3. The Balaban J connectivity index is 1.37. The Morgan fingerprint density at radius 3 is 2.57 bits per heavy atom. The number of likely N-dealkylation sites (tertiary alicyclic amines) is 1. The summed E-state index contributed by atoms with van der Waals surface area (Å²) in [5.74, 6) is 0.0996. The second kappa shape index (κ2) is 12.5. The van der Waals surface area contributed by atoms with Crippen LogP contribution in [0.25, 0.3) is 0 Å². The average molecular weight is 508 g/mol. The summed E-state index contributed by atoms with van der Waals surface area (Å²) in [6.45, 7) is 7.77. The molecule has 0 aliphatic carbocycles. The number of halogens is 1. The Morgan fingerprint density at radius 1 is 1.11 bits per heavy atom.